The highest BCUT2D eigenvalue weighted by molar-refractivity contribution is 9.10. The number of pyridine rings is 1. The molecule has 5 nitrogen and oxygen atoms in total. The Bertz CT molecular complexity index is 695. The molecule has 0 amide bonds. The van der Waals surface area contributed by atoms with Crippen molar-refractivity contribution in [3.8, 4) is 11.5 Å². The van der Waals surface area contributed by atoms with Crippen LogP contribution in [0.25, 0.3) is 0 Å². The van der Waals surface area contributed by atoms with Crippen molar-refractivity contribution in [2.45, 2.75) is 19.8 Å². The van der Waals surface area contributed by atoms with E-state index in [1.165, 1.54) is 0 Å². The number of benzene rings is 1. The summed E-state index contributed by atoms with van der Waals surface area (Å²) >= 11 is 8.66. The maximum atomic E-state index is 5.80. The molecular weight excluding hydrogens is 402 g/mol. The lowest BCUT2D eigenvalue weighted by Gasteiger charge is -2.14. The van der Waals surface area contributed by atoms with Crippen LogP contribution in [0.1, 0.15) is 18.9 Å². The quantitative estimate of drug-likeness (QED) is 0.621. The zero-order chi connectivity index (χ0) is 18.1. The zero-order valence-electron chi connectivity index (χ0n) is 14.3. The number of nitrogens with one attached hydrogen (secondary N) is 2. The molecule has 1 aromatic heterocycles. The molecule has 1 aromatic carbocycles. The summed E-state index contributed by atoms with van der Waals surface area (Å²) in [5.74, 6) is 2.41. The highest BCUT2D eigenvalue weighted by Gasteiger charge is 2.07. The molecule has 0 fully saturated rings. The van der Waals surface area contributed by atoms with Crippen LogP contribution in [0.15, 0.2) is 41.0 Å². The number of nitrogens with zero attached hydrogens (tertiary/aromatic N) is 1. The third-order valence-corrected chi connectivity index (χ3v) is 4.09. The highest BCUT2D eigenvalue weighted by Crippen LogP contribution is 2.24. The Morgan fingerprint density at radius 3 is 2.80 bits per heavy atom. The van der Waals surface area contributed by atoms with Crippen molar-refractivity contribution in [1.82, 2.24) is 10.3 Å². The summed E-state index contributed by atoms with van der Waals surface area (Å²) in [6.07, 6.45) is 3.46. The number of aromatic nitrogens is 1. The molecule has 2 N–H and O–H groups in total. The molecule has 0 spiro atoms. The molecule has 1 heterocycles. The first-order valence-corrected chi connectivity index (χ1v) is 9.28. The smallest absolute Gasteiger partial charge is 0.171 e. The van der Waals surface area contributed by atoms with Gasteiger partial charge in [-0.15, -0.1) is 0 Å². The minimum atomic E-state index is 0.536. The second kappa shape index (κ2) is 10.2. The number of halogens is 1. The van der Waals surface area contributed by atoms with Crippen molar-refractivity contribution in [1.29, 1.82) is 0 Å². The third kappa shape index (κ3) is 6.51. The summed E-state index contributed by atoms with van der Waals surface area (Å²) in [6, 6.07) is 9.63. The van der Waals surface area contributed by atoms with Gasteiger partial charge in [-0.3, -0.25) is 0 Å². The Morgan fingerprint density at radius 2 is 2.12 bits per heavy atom. The maximum absolute atomic E-state index is 5.80. The van der Waals surface area contributed by atoms with Gasteiger partial charge in [0.1, 0.15) is 17.3 Å². The molecule has 0 saturated carbocycles. The molecule has 2 rings (SSSR count). The van der Waals surface area contributed by atoms with E-state index in [1.807, 2.05) is 30.3 Å². The summed E-state index contributed by atoms with van der Waals surface area (Å²) in [6.45, 7) is 3.46. The molecule has 25 heavy (non-hydrogen) atoms. The average Bonchev–Trinajstić information content (AvgIpc) is 2.62. The molecule has 0 aliphatic rings. The summed E-state index contributed by atoms with van der Waals surface area (Å²) in [4.78, 5) is 4.23. The summed E-state index contributed by atoms with van der Waals surface area (Å²) in [5.41, 5.74) is 1.09. The lowest BCUT2D eigenvalue weighted by molar-refractivity contribution is 0.313. The van der Waals surface area contributed by atoms with E-state index in [-0.39, 0.29) is 0 Å². The molecule has 0 atom stereocenters. The molecule has 0 aliphatic carbocycles. The molecule has 0 unspecified atom stereocenters. The molecule has 7 heteroatoms. The first-order valence-electron chi connectivity index (χ1n) is 8.08. The van der Waals surface area contributed by atoms with Gasteiger partial charge >= 0.3 is 0 Å². The van der Waals surface area contributed by atoms with E-state index in [0.29, 0.717) is 24.1 Å². The van der Waals surface area contributed by atoms with Gasteiger partial charge in [0.2, 0.25) is 0 Å². The standard InChI is InChI=1S/C18H22BrN3O2S/c1-3-10-24-16-6-5-15(23-2)11-13(16)8-9-20-18(25)22-17-7-4-14(19)12-21-17/h4-7,11-12H,3,8-10H2,1-2H3,(H2,20,21,22,25). The van der Waals surface area contributed by atoms with Crippen LogP contribution in [0.2, 0.25) is 0 Å². The third-order valence-electron chi connectivity index (χ3n) is 3.38. The number of hydrogen-bond donors (Lipinski definition) is 2. The van der Waals surface area contributed by atoms with Crippen LogP contribution in [0.4, 0.5) is 5.82 Å². The zero-order valence-corrected chi connectivity index (χ0v) is 16.7. The SMILES string of the molecule is CCCOc1ccc(OC)cc1CCNC(=S)Nc1ccc(Br)cn1. The predicted molar refractivity (Wildman–Crippen MR) is 109 cm³/mol. The molecule has 2 aromatic rings. The van der Waals surface area contributed by atoms with Gasteiger partial charge in [-0.25, -0.2) is 4.98 Å². The topological polar surface area (TPSA) is 55.4 Å². The van der Waals surface area contributed by atoms with Crippen LogP contribution in [-0.4, -0.2) is 30.4 Å². The number of anilines is 1. The monoisotopic (exact) mass is 423 g/mol. The van der Waals surface area contributed by atoms with Crippen LogP contribution in [0.3, 0.4) is 0 Å². The molecule has 134 valence electrons. The molecular formula is C18H22BrN3O2S. The number of rotatable bonds is 8. The van der Waals surface area contributed by atoms with Gasteiger partial charge in [0, 0.05) is 17.2 Å². The van der Waals surface area contributed by atoms with Gasteiger partial charge in [0.25, 0.3) is 0 Å². The van der Waals surface area contributed by atoms with E-state index in [2.05, 4.69) is 38.5 Å². The normalized spacial score (nSPS) is 10.2. The fourth-order valence-electron chi connectivity index (χ4n) is 2.15. The van der Waals surface area contributed by atoms with Gasteiger partial charge in [0.05, 0.1) is 13.7 Å². The van der Waals surface area contributed by atoms with Gasteiger partial charge < -0.3 is 20.1 Å². The fraction of sp³-hybridized carbons (Fsp3) is 0.333. The Balaban J connectivity index is 1.89. The number of hydrogen-bond acceptors (Lipinski definition) is 4. The molecule has 0 aliphatic heterocycles. The number of ether oxygens (including phenoxy) is 2. The van der Waals surface area contributed by atoms with E-state index >= 15 is 0 Å². The number of thiocarbonyl (C=S) groups is 1. The minimum absolute atomic E-state index is 0.536. The van der Waals surface area contributed by atoms with E-state index in [9.17, 15) is 0 Å². The van der Waals surface area contributed by atoms with Crippen LogP contribution < -0.4 is 20.1 Å². The minimum Gasteiger partial charge on any atom is -0.497 e. The average molecular weight is 424 g/mol. The Kier molecular flexibility index (Phi) is 7.94. The lowest BCUT2D eigenvalue weighted by Crippen LogP contribution is -2.30. The second-order valence-corrected chi connectivity index (χ2v) is 6.64. The molecule has 0 saturated heterocycles. The van der Waals surface area contributed by atoms with Crippen LogP contribution in [0, 0.1) is 0 Å². The van der Waals surface area contributed by atoms with Crippen molar-refractivity contribution in [3.05, 3.63) is 46.6 Å². The summed E-state index contributed by atoms with van der Waals surface area (Å²) in [5, 5.41) is 6.78. The highest BCUT2D eigenvalue weighted by atomic mass is 79.9. The van der Waals surface area contributed by atoms with E-state index in [4.69, 9.17) is 21.7 Å². The van der Waals surface area contributed by atoms with E-state index < -0.39 is 0 Å². The maximum Gasteiger partial charge on any atom is 0.171 e. The summed E-state index contributed by atoms with van der Waals surface area (Å²) < 4.78 is 12.0. The predicted octanol–water partition coefficient (Wildman–Crippen LogP) is 4.17. The Labute approximate surface area is 162 Å². The lowest BCUT2D eigenvalue weighted by atomic mass is 10.1. The molecule has 0 radical (unpaired) electrons. The van der Waals surface area contributed by atoms with Crippen molar-refractivity contribution in [3.63, 3.8) is 0 Å². The van der Waals surface area contributed by atoms with Crippen LogP contribution >= 0.6 is 28.1 Å². The largest absolute Gasteiger partial charge is 0.497 e. The van der Waals surface area contributed by atoms with Gasteiger partial charge in [-0.05, 0) is 76.9 Å². The number of methoxy groups -OCH3 is 1. The first kappa shape index (κ1) is 19.5. The van der Waals surface area contributed by atoms with Crippen molar-refractivity contribution in [2.24, 2.45) is 0 Å². The summed E-state index contributed by atoms with van der Waals surface area (Å²) in [7, 11) is 1.66. The second-order valence-electron chi connectivity index (χ2n) is 5.31. The first-order chi connectivity index (χ1) is 12.1. The Morgan fingerprint density at radius 1 is 1.28 bits per heavy atom. The molecule has 0 bridgehead atoms. The van der Waals surface area contributed by atoms with E-state index in [0.717, 1.165) is 34.4 Å². The van der Waals surface area contributed by atoms with Gasteiger partial charge in [-0.2, -0.15) is 0 Å². The van der Waals surface area contributed by atoms with Crippen molar-refractivity contribution < 1.29 is 9.47 Å². The van der Waals surface area contributed by atoms with Gasteiger partial charge in [0.15, 0.2) is 5.11 Å². The van der Waals surface area contributed by atoms with Gasteiger partial charge in [-0.1, -0.05) is 6.92 Å². The van der Waals surface area contributed by atoms with Crippen LogP contribution in [0.5, 0.6) is 11.5 Å². The fourth-order valence-corrected chi connectivity index (χ4v) is 2.59. The van der Waals surface area contributed by atoms with Crippen molar-refractivity contribution in [2.75, 3.05) is 25.6 Å². The Hall–Kier alpha value is -1.86. The van der Waals surface area contributed by atoms with Crippen LogP contribution in [-0.2, 0) is 6.42 Å². The van der Waals surface area contributed by atoms with E-state index in [1.54, 1.807) is 13.3 Å². The van der Waals surface area contributed by atoms with Crippen molar-refractivity contribution >= 4 is 39.1 Å².